The number of rotatable bonds is 4. The smallest absolute Gasteiger partial charge is 0.252 e. The lowest BCUT2D eigenvalue weighted by Gasteiger charge is -2.62. The molecule has 31 heavy (non-hydrogen) atoms. The van der Waals surface area contributed by atoms with E-state index in [2.05, 4.69) is 5.32 Å². The van der Waals surface area contributed by atoms with E-state index in [0.29, 0.717) is 25.8 Å². The van der Waals surface area contributed by atoms with Crippen molar-refractivity contribution in [2.45, 2.75) is 83.6 Å². The highest BCUT2D eigenvalue weighted by molar-refractivity contribution is 6.01. The topological polar surface area (TPSA) is 86.6 Å². The number of unbranched alkanes of at least 4 members (excludes halogenated alkanes) is 1. The Bertz CT molecular complexity index is 854. The van der Waals surface area contributed by atoms with E-state index >= 15 is 4.39 Å². The van der Waals surface area contributed by atoms with Gasteiger partial charge in [-0.2, -0.15) is 0 Å². The number of fused-ring (bicyclic) bond motifs is 5. The first-order valence-corrected chi connectivity index (χ1v) is 11.8. The van der Waals surface area contributed by atoms with Crippen LogP contribution in [0.5, 0.6) is 0 Å². The van der Waals surface area contributed by atoms with Crippen LogP contribution in [0.15, 0.2) is 23.8 Å². The summed E-state index contributed by atoms with van der Waals surface area (Å²) < 4.78 is 17.1. The van der Waals surface area contributed by atoms with Crippen LogP contribution in [0, 0.1) is 28.6 Å². The van der Waals surface area contributed by atoms with Crippen LogP contribution in [0.1, 0.15) is 66.2 Å². The summed E-state index contributed by atoms with van der Waals surface area (Å²) in [6.07, 6.45) is 6.60. The number of amides is 1. The minimum absolute atomic E-state index is 0.0113. The van der Waals surface area contributed by atoms with Gasteiger partial charge in [0.2, 0.25) is 0 Å². The number of aliphatic hydroxyl groups excluding tert-OH is 1. The van der Waals surface area contributed by atoms with Crippen molar-refractivity contribution in [3.8, 4) is 0 Å². The van der Waals surface area contributed by atoms with Crippen molar-refractivity contribution < 1.29 is 24.2 Å². The highest BCUT2D eigenvalue weighted by Crippen LogP contribution is 2.70. The highest BCUT2D eigenvalue weighted by atomic mass is 19.1. The molecule has 0 aromatic rings. The molecular weight excluding hydrogens is 397 g/mol. The molecule has 8 atom stereocenters. The van der Waals surface area contributed by atoms with Gasteiger partial charge in [-0.15, -0.1) is 0 Å². The lowest BCUT2D eigenvalue weighted by molar-refractivity contribution is -0.219. The van der Waals surface area contributed by atoms with E-state index in [1.165, 1.54) is 12.2 Å². The molecule has 0 aromatic carbocycles. The number of aliphatic hydroxyl groups is 2. The van der Waals surface area contributed by atoms with E-state index in [0.717, 1.165) is 18.4 Å². The molecule has 0 bridgehead atoms. The normalized spacial score (nSPS) is 48.5. The number of hydrogen-bond acceptors (Lipinski definition) is 4. The molecule has 3 fully saturated rings. The fraction of sp³-hybridized carbons (Fsp3) is 0.760. The Balaban J connectivity index is 1.73. The Hall–Kier alpha value is -1.53. The zero-order chi connectivity index (χ0) is 22.8. The van der Waals surface area contributed by atoms with E-state index in [9.17, 15) is 19.8 Å². The van der Waals surface area contributed by atoms with Gasteiger partial charge in [0.05, 0.1) is 6.10 Å². The number of nitrogens with one attached hydrogen (secondary N) is 1. The Morgan fingerprint density at radius 3 is 2.71 bits per heavy atom. The number of hydrogen-bond donors (Lipinski definition) is 3. The van der Waals surface area contributed by atoms with Crippen molar-refractivity contribution >= 4 is 11.7 Å². The summed E-state index contributed by atoms with van der Waals surface area (Å²) in [5.74, 6) is -1.62. The minimum atomic E-state index is -1.94. The van der Waals surface area contributed by atoms with E-state index in [1.54, 1.807) is 13.0 Å². The highest BCUT2D eigenvalue weighted by Gasteiger charge is 2.75. The van der Waals surface area contributed by atoms with Crippen LogP contribution in [0.25, 0.3) is 0 Å². The number of ketones is 1. The predicted octanol–water partition coefficient (Wildman–Crippen LogP) is 3.25. The van der Waals surface area contributed by atoms with Gasteiger partial charge >= 0.3 is 0 Å². The molecule has 8 unspecified atom stereocenters. The third kappa shape index (κ3) is 2.73. The van der Waals surface area contributed by atoms with Crippen LogP contribution in [0.3, 0.4) is 0 Å². The SMILES string of the molecule is CCCCNC(=O)C1(O)C(C)CC2C3CCC4=CC(=O)C=CC4(C)C3(F)C(O)CC21C. The molecule has 4 aliphatic rings. The fourth-order valence-corrected chi connectivity index (χ4v) is 7.54. The molecule has 0 aliphatic heterocycles. The van der Waals surface area contributed by atoms with Crippen LogP contribution >= 0.6 is 0 Å². The van der Waals surface area contributed by atoms with Crippen molar-refractivity contribution in [1.82, 2.24) is 5.32 Å². The molecule has 4 aliphatic carbocycles. The van der Waals surface area contributed by atoms with Gasteiger partial charge in [-0.3, -0.25) is 9.59 Å². The number of carbonyl (C=O) groups excluding carboxylic acids is 2. The first-order valence-electron chi connectivity index (χ1n) is 11.8. The molecule has 5 nitrogen and oxygen atoms in total. The predicted molar refractivity (Wildman–Crippen MR) is 116 cm³/mol. The average Bonchev–Trinajstić information content (AvgIpc) is 2.91. The van der Waals surface area contributed by atoms with Gasteiger partial charge in [-0.25, -0.2) is 4.39 Å². The molecule has 1 amide bonds. The van der Waals surface area contributed by atoms with Crippen molar-refractivity contribution in [3.63, 3.8) is 0 Å². The summed E-state index contributed by atoms with van der Waals surface area (Å²) in [7, 11) is 0. The summed E-state index contributed by atoms with van der Waals surface area (Å²) in [6.45, 7) is 8.03. The summed E-state index contributed by atoms with van der Waals surface area (Å²) in [5.41, 5.74) is -4.84. The summed E-state index contributed by atoms with van der Waals surface area (Å²) >= 11 is 0. The molecule has 4 rings (SSSR count). The number of alkyl halides is 1. The fourth-order valence-electron chi connectivity index (χ4n) is 7.54. The Kier molecular flexibility index (Phi) is 5.29. The van der Waals surface area contributed by atoms with Crippen molar-refractivity contribution in [3.05, 3.63) is 23.8 Å². The lowest BCUT2D eigenvalue weighted by Crippen LogP contribution is -2.70. The van der Waals surface area contributed by atoms with Gasteiger partial charge in [0.1, 0.15) is 0 Å². The molecular formula is C25H36FNO4. The van der Waals surface area contributed by atoms with Crippen LogP contribution in [0.4, 0.5) is 4.39 Å². The monoisotopic (exact) mass is 433 g/mol. The quantitative estimate of drug-likeness (QED) is 0.594. The van der Waals surface area contributed by atoms with Crippen molar-refractivity contribution in [2.24, 2.45) is 28.6 Å². The molecule has 6 heteroatoms. The maximum absolute atomic E-state index is 17.1. The average molecular weight is 434 g/mol. The molecule has 3 saturated carbocycles. The summed E-state index contributed by atoms with van der Waals surface area (Å²) in [5, 5.41) is 26.0. The molecule has 3 N–H and O–H groups in total. The van der Waals surface area contributed by atoms with Crippen molar-refractivity contribution in [1.29, 1.82) is 0 Å². The zero-order valence-corrected chi connectivity index (χ0v) is 19.1. The molecule has 0 radical (unpaired) electrons. The number of halogens is 1. The Morgan fingerprint density at radius 1 is 1.32 bits per heavy atom. The van der Waals surface area contributed by atoms with Gasteiger partial charge in [0, 0.05) is 23.3 Å². The van der Waals surface area contributed by atoms with E-state index in [-0.39, 0.29) is 24.0 Å². The van der Waals surface area contributed by atoms with Crippen LogP contribution in [-0.2, 0) is 9.59 Å². The molecule has 172 valence electrons. The largest absolute Gasteiger partial charge is 0.390 e. The molecule has 0 saturated heterocycles. The summed E-state index contributed by atoms with van der Waals surface area (Å²) in [4.78, 5) is 25.1. The Labute approximate surface area is 184 Å². The first kappa shape index (κ1) is 22.7. The van der Waals surface area contributed by atoms with Crippen LogP contribution in [-0.4, -0.2) is 45.8 Å². The lowest BCUT2D eigenvalue weighted by atomic mass is 9.44. The zero-order valence-electron chi connectivity index (χ0n) is 19.1. The second-order valence-electron chi connectivity index (χ2n) is 10.8. The minimum Gasteiger partial charge on any atom is -0.390 e. The summed E-state index contributed by atoms with van der Waals surface area (Å²) in [6, 6.07) is 0. The second kappa shape index (κ2) is 7.24. The molecule has 0 aromatic heterocycles. The molecule has 0 spiro atoms. The maximum Gasteiger partial charge on any atom is 0.252 e. The number of allylic oxidation sites excluding steroid dienone is 4. The van der Waals surface area contributed by atoms with Gasteiger partial charge < -0.3 is 15.5 Å². The van der Waals surface area contributed by atoms with Gasteiger partial charge in [0.15, 0.2) is 17.1 Å². The van der Waals surface area contributed by atoms with E-state index < -0.39 is 40.0 Å². The van der Waals surface area contributed by atoms with E-state index in [1.807, 2.05) is 20.8 Å². The molecule has 0 heterocycles. The maximum atomic E-state index is 17.1. The van der Waals surface area contributed by atoms with Crippen LogP contribution in [0.2, 0.25) is 0 Å². The van der Waals surface area contributed by atoms with E-state index in [4.69, 9.17) is 0 Å². The second-order valence-corrected chi connectivity index (χ2v) is 10.8. The van der Waals surface area contributed by atoms with Crippen molar-refractivity contribution in [2.75, 3.05) is 6.54 Å². The Morgan fingerprint density at radius 2 is 2.03 bits per heavy atom. The van der Waals surface area contributed by atoms with Gasteiger partial charge in [-0.1, -0.05) is 38.8 Å². The third-order valence-electron chi connectivity index (χ3n) is 9.38. The van der Waals surface area contributed by atoms with Gasteiger partial charge in [-0.05, 0) is 63.0 Å². The van der Waals surface area contributed by atoms with Crippen LogP contribution < -0.4 is 5.32 Å². The standard InChI is InChI=1S/C25H36FNO4/c1-5-6-11-27-21(30)25(31)15(2)12-19-18-8-7-16-13-17(28)9-10-22(16,3)24(18,26)20(29)14-23(19,25)4/h9-10,13,15,18-20,29,31H,5-8,11-12,14H2,1-4H3,(H,27,30). The number of carbonyl (C=O) groups is 2. The first-order chi connectivity index (χ1) is 14.5. The third-order valence-corrected chi connectivity index (χ3v) is 9.38. The van der Waals surface area contributed by atoms with Gasteiger partial charge in [0.25, 0.3) is 5.91 Å².